The SMILES string of the molecule is CCNC(C)c1ccc(OCCc2ccsc2)cc1F. The predicted molar refractivity (Wildman–Crippen MR) is 82.0 cm³/mol. The fraction of sp³-hybridized carbons (Fsp3) is 0.375. The standard InChI is InChI=1S/C16H20FNOS/c1-3-18-12(2)15-5-4-14(10-16(15)17)19-8-6-13-7-9-20-11-13/h4-5,7,9-12,18H,3,6,8H2,1-2H3. The molecule has 1 atom stereocenters. The Kier molecular flexibility index (Phi) is 5.56. The molecule has 0 bridgehead atoms. The molecule has 0 spiro atoms. The van der Waals surface area contributed by atoms with Gasteiger partial charge in [-0.2, -0.15) is 11.3 Å². The molecule has 0 fully saturated rings. The van der Waals surface area contributed by atoms with Crippen LogP contribution in [0.1, 0.15) is 31.0 Å². The first-order valence-electron chi connectivity index (χ1n) is 6.87. The van der Waals surface area contributed by atoms with Gasteiger partial charge in [0.25, 0.3) is 0 Å². The lowest BCUT2D eigenvalue weighted by Crippen LogP contribution is -2.18. The van der Waals surface area contributed by atoms with Gasteiger partial charge in [-0.1, -0.05) is 13.0 Å². The molecule has 2 nitrogen and oxygen atoms in total. The summed E-state index contributed by atoms with van der Waals surface area (Å²) in [6.07, 6.45) is 0.848. The number of benzene rings is 1. The van der Waals surface area contributed by atoms with Crippen molar-refractivity contribution in [3.05, 3.63) is 52.0 Å². The van der Waals surface area contributed by atoms with Gasteiger partial charge < -0.3 is 10.1 Å². The van der Waals surface area contributed by atoms with Gasteiger partial charge >= 0.3 is 0 Å². The van der Waals surface area contributed by atoms with Crippen molar-refractivity contribution in [2.24, 2.45) is 0 Å². The molecule has 0 saturated carbocycles. The first-order chi connectivity index (χ1) is 9.70. The van der Waals surface area contributed by atoms with Crippen molar-refractivity contribution in [3.63, 3.8) is 0 Å². The van der Waals surface area contributed by atoms with E-state index in [0.29, 0.717) is 17.9 Å². The third-order valence-electron chi connectivity index (χ3n) is 3.19. The summed E-state index contributed by atoms with van der Waals surface area (Å²) in [5.41, 5.74) is 1.94. The molecular weight excluding hydrogens is 273 g/mol. The van der Waals surface area contributed by atoms with E-state index >= 15 is 0 Å². The van der Waals surface area contributed by atoms with Gasteiger partial charge in [-0.25, -0.2) is 4.39 Å². The lowest BCUT2D eigenvalue weighted by atomic mass is 10.1. The highest BCUT2D eigenvalue weighted by Crippen LogP contribution is 2.22. The fourth-order valence-corrected chi connectivity index (χ4v) is 2.79. The molecular formula is C16H20FNOS. The molecule has 4 heteroatoms. The summed E-state index contributed by atoms with van der Waals surface area (Å²) in [5, 5.41) is 7.35. The van der Waals surface area contributed by atoms with Crippen LogP contribution in [0.15, 0.2) is 35.0 Å². The van der Waals surface area contributed by atoms with E-state index in [9.17, 15) is 4.39 Å². The smallest absolute Gasteiger partial charge is 0.131 e. The predicted octanol–water partition coefficient (Wildman–Crippen LogP) is 4.18. The zero-order valence-electron chi connectivity index (χ0n) is 11.9. The van der Waals surface area contributed by atoms with Crippen molar-refractivity contribution in [2.75, 3.05) is 13.2 Å². The molecule has 1 unspecified atom stereocenters. The number of nitrogens with one attached hydrogen (secondary N) is 1. The maximum absolute atomic E-state index is 14.0. The summed E-state index contributed by atoms with van der Waals surface area (Å²) in [6, 6.07) is 7.19. The van der Waals surface area contributed by atoms with E-state index in [-0.39, 0.29) is 11.9 Å². The second-order valence-corrected chi connectivity index (χ2v) is 5.47. The highest BCUT2D eigenvalue weighted by molar-refractivity contribution is 7.07. The van der Waals surface area contributed by atoms with Crippen LogP contribution < -0.4 is 10.1 Å². The summed E-state index contributed by atoms with van der Waals surface area (Å²) in [7, 11) is 0. The van der Waals surface area contributed by atoms with Gasteiger partial charge in [0.15, 0.2) is 0 Å². The summed E-state index contributed by atoms with van der Waals surface area (Å²) in [6.45, 7) is 5.35. The van der Waals surface area contributed by atoms with E-state index in [4.69, 9.17) is 4.74 Å². The Balaban J connectivity index is 1.91. The summed E-state index contributed by atoms with van der Waals surface area (Å²) in [5.74, 6) is 0.372. The normalized spacial score (nSPS) is 12.3. The molecule has 1 heterocycles. The van der Waals surface area contributed by atoms with Crippen LogP contribution in [0.4, 0.5) is 4.39 Å². The lowest BCUT2D eigenvalue weighted by molar-refractivity contribution is 0.320. The van der Waals surface area contributed by atoms with Gasteiger partial charge in [0.05, 0.1) is 6.61 Å². The van der Waals surface area contributed by atoms with Crippen LogP contribution in [0.3, 0.4) is 0 Å². The first kappa shape index (κ1) is 15.0. The van der Waals surface area contributed by atoms with Gasteiger partial charge in [-0.15, -0.1) is 0 Å². The van der Waals surface area contributed by atoms with Gasteiger partial charge in [0, 0.05) is 24.1 Å². The van der Waals surface area contributed by atoms with Crippen LogP contribution >= 0.6 is 11.3 Å². The zero-order chi connectivity index (χ0) is 14.4. The molecule has 108 valence electrons. The zero-order valence-corrected chi connectivity index (χ0v) is 12.7. The Labute approximate surface area is 123 Å². The molecule has 0 aliphatic rings. The van der Waals surface area contributed by atoms with Crippen molar-refractivity contribution < 1.29 is 9.13 Å². The van der Waals surface area contributed by atoms with E-state index in [1.807, 2.05) is 25.3 Å². The fourth-order valence-electron chi connectivity index (χ4n) is 2.09. The highest BCUT2D eigenvalue weighted by Gasteiger charge is 2.10. The quantitative estimate of drug-likeness (QED) is 0.827. The summed E-state index contributed by atoms with van der Waals surface area (Å²) >= 11 is 1.68. The molecule has 0 aliphatic carbocycles. The van der Waals surface area contributed by atoms with E-state index in [0.717, 1.165) is 13.0 Å². The average molecular weight is 293 g/mol. The van der Waals surface area contributed by atoms with E-state index in [1.165, 1.54) is 11.6 Å². The van der Waals surface area contributed by atoms with Crippen molar-refractivity contribution >= 4 is 11.3 Å². The Morgan fingerprint density at radius 1 is 1.35 bits per heavy atom. The average Bonchev–Trinajstić information content (AvgIpc) is 2.92. The molecule has 0 radical (unpaired) electrons. The van der Waals surface area contributed by atoms with Gasteiger partial charge in [0.1, 0.15) is 11.6 Å². The molecule has 1 aromatic carbocycles. The van der Waals surface area contributed by atoms with Crippen LogP contribution in [-0.4, -0.2) is 13.2 Å². The minimum Gasteiger partial charge on any atom is -0.493 e. The second-order valence-electron chi connectivity index (χ2n) is 4.69. The molecule has 1 aromatic heterocycles. The molecule has 20 heavy (non-hydrogen) atoms. The Bertz CT molecular complexity index is 527. The van der Waals surface area contributed by atoms with Crippen LogP contribution in [0.25, 0.3) is 0 Å². The maximum atomic E-state index is 14.0. The minimum absolute atomic E-state index is 0.0138. The number of hydrogen-bond donors (Lipinski definition) is 1. The molecule has 2 rings (SSSR count). The first-order valence-corrected chi connectivity index (χ1v) is 7.81. The minimum atomic E-state index is -0.216. The van der Waals surface area contributed by atoms with Gasteiger partial charge in [-0.3, -0.25) is 0 Å². The molecule has 1 N–H and O–H groups in total. The van der Waals surface area contributed by atoms with Crippen molar-refractivity contribution in [2.45, 2.75) is 26.3 Å². The van der Waals surface area contributed by atoms with Crippen LogP contribution in [0.2, 0.25) is 0 Å². The van der Waals surface area contributed by atoms with Crippen molar-refractivity contribution in [1.82, 2.24) is 5.32 Å². The molecule has 2 aromatic rings. The number of thiophene rings is 1. The monoisotopic (exact) mass is 293 g/mol. The van der Waals surface area contributed by atoms with E-state index in [1.54, 1.807) is 17.4 Å². The summed E-state index contributed by atoms with van der Waals surface area (Å²) < 4.78 is 19.6. The van der Waals surface area contributed by atoms with Crippen LogP contribution in [0, 0.1) is 5.82 Å². The number of rotatable bonds is 7. The van der Waals surface area contributed by atoms with E-state index in [2.05, 4.69) is 16.8 Å². The summed E-state index contributed by atoms with van der Waals surface area (Å²) in [4.78, 5) is 0. The van der Waals surface area contributed by atoms with E-state index < -0.39 is 0 Å². The lowest BCUT2D eigenvalue weighted by Gasteiger charge is -2.14. The second kappa shape index (κ2) is 7.41. The third-order valence-corrected chi connectivity index (χ3v) is 3.92. The Morgan fingerprint density at radius 2 is 2.20 bits per heavy atom. The Morgan fingerprint density at radius 3 is 2.85 bits per heavy atom. The maximum Gasteiger partial charge on any atom is 0.131 e. The van der Waals surface area contributed by atoms with Crippen LogP contribution in [-0.2, 0) is 6.42 Å². The number of hydrogen-bond acceptors (Lipinski definition) is 3. The largest absolute Gasteiger partial charge is 0.493 e. The number of halogens is 1. The number of ether oxygens (including phenoxy) is 1. The van der Waals surface area contributed by atoms with Gasteiger partial charge in [-0.05, 0) is 41.9 Å². The van der Waals surface area contributed by atoms with Crippen molar-refractivity contribution in [1.29, 1.82) is 0 Å². The topological polar surface area (TPSA) is 21.3 Å². The highest BCUT2D eigenvalue weighted by atomic mass is 32.1. The molecule has 0 amide bonds. The molecule has 0 aliphatic heterocycles. The van der Waals surface area contributed by atoms with Crippen molar-refractivity contribution in [3.8, 4) is 5.75 Å². The molecule has 0 saturated heterocycles. The van der Waals surface area contributed by atoms with Gasteiger partial charge in [0.2, 0.25) is 0 Å². The third kappa shape index (κ3) is 4.05. The van der Waals surface area contributed by atoms with Crippen LogP contribution in [0.5, 0.6) is 5.75 Å². The Hall–Kier alpha value is -1.39.